The first kappa shape index (κ1) is 9.23. The standard InChI is InChI=1S/C9H14O3/c1-6-4-9(5-6,7(2)10)8(11)12-3/h6H,4-5H2,1-3H3. The van der Waals surface area contributed by atoms with Crippen LogP contribution < -0.4 is 0 Å². The summed E-state index contributed by atoms with van der Waals surface area (Å²) in [6.07, 6.45) is 1.30. The van der Waals surface area contributed by atoms with Gasteiger partial charge in [-0.1, -0.05) is 6.92 Å². The van der Waals surface area contributed by atoms with Crippen molar-refractivity contribution in [3.05, 3.63) is 0 Å². The SMILES string of the molecule is COC(=O)C1(C(C)=O)CC(C)C1. The van der Waals surface area contributed by atoms with Crippen LogP contribution in [0.25, 0.3) is 0 Å². The second-order valence-electron chi connectivity index (χ2n) is 3.64. The predicted molar refractivity (Wildman–Crippen MR) is 43.5 cm³/mol. The minimum Gasteiger partial charge on any atom is -0.468 e. The summed E-state index contributed by atoms with van der Waals surface area (Å²) in [4.78, 5) is 22.5. The fourth-order valence-electron chi connectivity index (χ4n) is 1.92. The van der Waals surface area contributed by atoms with E-state index < -0.39 is 5.41 Å². The van der Waals surface area contributed by atoms with Gasteiger partial charge in [-0.25, -0.2) is 0 Å². The Bertz CT molecular complexity index is 214. The van der Waals surface area contributed by atoms with Crippen molar-refractivity contribution >= 4 is 11.8 Å². The molecule has 0 N–H and O–H groups in total. The monoisotopic (exact) mass is 170 g/mol. The summed E-state index contributed by atoms with van der Waals surface area (Å²) in [6, 6.07) is 0. The number of carbonyl (C=O) groups excluding carboxylic acids is 2. The molecule has 0 heterocycles. The van der Waals surface area contributed by atoms with Gasteiger partial charge in [0.25, 0.3) is 0 Å². The van der Waals surface area contributed by atoms with Crippen molar-refractivity contribution in [3.8, 4) is 0 Å². The third kappa shape index (κ3) is 1.13. The maximum absolute atomic E-state index is 11.3. The number of carbonyl (C=O) groups is 2. The van der Waals surface area contributed by atoms with Crippen molar-refractivity contribution < 1.29 is 14.3 Å². The van der Waals surface area contributed by atoms with Crippen LogP contribution in [0, 0.1) is 11.3 Å². The van der Waals surface area contributed by atoms with Crippen LogP contribution in [0.5, 0.6) is 0 Å². The maximum atomic E-state index is 11.3. The van der Waals surface area contributed by atoms with E-state index in [9.17, 15) is 9.59 Å². The van der Waals surface area contributed by atoms with E-state index >= 15 is 0 Å². The van der Waals surface area contributed by atoms with Gasteiger partial charge in [-0.15, -0.1) is 0 Å². The lowest BCUT2D eigenvalue weighted by Gasteiger charge is -2.41. The zero-order valence-electron chi connectivity index (χ0n) is 7.72. The van der Waals surface area contributed by atoms with Gasteiger partial charge in [0.15, 0.2) is 0 Å². The van der Waals surface area contributed by atoms with Crippen molar-refractivity contribution in [3.63, 3.8) is 0 Å². The summed E-state index contributed by atoms with van der Waals surface area (Å²) in [5, 5.41) is 0. The Labute approximate surface area is 72.1 Å². The first-order valence-electron chi connectivity index (χ1n) is 4.12. The molecule has 1 aliphatic carbocycles. The van der Waals surface area contributed by atoms with Crippen LogP contribution in [0.15, 0.2) is 0 Å². The molecule has 3 nitrogen and oxygen atoms in total. The third-order valence-electron chi connectivity index (χ3n) is 2.64. The second-order valence-corrected chi connectivity index (χ2v) is 3.64. The highest BCUT2D eigenvalue weighted by Crippen LogP contribution is 2.46. The smallest absolute Gasteiger partial charge is 0.319 e. The van der Waals surface area contributed by atoms with E-state index in [-0.39, 0.29) is 11.8 Å². The predicted octanol–water partition coefficient (Wildman–Crippen LogP) is 1.16. The normalized spacial score (nSPS) is 33.8. The number of ketones is 1. The van der Waals surface area contributed by atoms with E-state index in [2.05, 4.69) is 4.74 Å². The highest BCUT2D eigenvalue weighted by atomic mass is 16.5. The molecule has 1 rings (SSSR count). The Hall–Kier alpha value is -0.860. The number of hydrogen-bond acceptors (Lipinski definition) is 3. The van der Waals surface area contributed by atoms with Gasteiger partial charge in [-0.3, -0.25) is 9.59 Å². The largest absolute Gasteiger partial charge is 0.468 e. The summed E-state index contributed by atoms with van der Waals surface area (Å²) in [6.45, 7) is 3.49. The fourth-order valence-corrected chi connectivity index (χ4v) is 1.92. The molecule has 0 radical (unpaired) electrons. The molecule has 0 amide bonds. The lowest BCUT2D eigenvalue weighted by Crippen LogP contribution is -2.48. The van der Waals surface area contributed by atoms with Gasteiger partial charge < -0.3 is 4.74 Å². The van der Waals surface area contributed by atoms with Gasteiger partial charge in [0.2, 0.25) is 0 Å². The van der Waals surface area contributed by atoms with Crippen molar-refractivity contribution in [2.45, 2.75) is 26.7 Å². The summed E-state index contributed by atoms with van der Waals surface area (Å²) in [7, 11) is 1.33. The van der Waals surface area contributed by atoms with Crippen molar-refractivity contribution in [2.24, 2.45) is 11.3 Å². The first-order valence-corrected chi connectivity index (χ1v) is 4.12. The van der Waals surface area contributed by atoms with Crippen LogP contribution in [-0.4, -0.2) is 18.9 Å². The van der Waals surface area contributed by atoms with Gasteiger partial charge >= 0.3 is 5.97 Å². The molecule has 1 saturated carbocycles. The van der Waals surface area contributed by atoms with E-state index in [0.29, 0.717) is 18.8 Å². The molecule has 0 saturated heterocycles. The number of ether oxygens (including phenoxy) is 1. The minimum absolute atomic E-state index is 0.0625. The van der Waals surface area contributed by atoms with Gasteiger partial charge in [0.1, 0.15) is 11.2 Å². The number of esters is 1. The molecule has 0 atom stereocenters. The van der Waals surface area contributed by atoms with Crippen LogP contribution in [-0.2, 0) is 14.3 Å². The number of methoxy groups -OCH3 is 1. The second kappa shape index (κ2) is 2.88. The van der Waals surface area contributed by atoms with Gasteiger partial charge in [0, 0.05) is 0 Å². The summed E-state index contributed by atoms with van der Waals surface area (Å²) < 4.78 is 4.61. The van der Waals surface area contributed by atoms with Crippen molar-refractivity contribution in [1.29, 1.82) is 0 Å². The number of Topliss-reactive ketones (excluding diaryl/α,β-unsaturated/α-hetero) is 1. The molecule has 68 valence electrons. The molecule has 0 aromatic heterocycles. The Morgan fingerprint density at radius 3 is 2.17 bits per heavy atom. The molecule has 0 aliphatic heterocycles. The topological polar surface area (TPSA) is 43.4 Å². The lowest BCUT2D eigenvalue weighted by atomic mass is 9.60. The molecule has 3 heteroatoms. The number of hydrogen-bond donors (Lipinski definition) is 0. The lowest BCUT2D eigenvalue weighted by molar-refractivity contribution is -0.166. The minimum atomic E-state index is -0.797. The highest BCUT2D eigenvalue weighted by Gasteiger charge is 2.53. The maximum Gasteiger partial charge on any atom is 0.319 e. The van der Waals surface area contributed by atoms with Gasteiger partial charge in [-0.2, -0.15) is 0 Å². The first-order chi connectivity index (χ1) is 5.53. The molecular weight excluding hydrogens is 156 g/mol. The quantitative estimate of drug-likeness (QED) is 0.461. The van der Waals surface area contributed by atoms with E-state index in [1.54, 1.807) is 0 Å². The third-order valence-corrected chi connectivity index (χ3v) is 2.64. The van der Waals surface area contributed by atoms with Crippen LogP contribution in [0.2, 0.25) is 0 Å². The van der Waals surface area contributed by atoms with Crippen LogP contribution >= 0.6 is 0 Å². The molecule has 1 aliphatic rings. The number of rotatable bonds is 2. The summed E-state index contributed by atoms with van der Waals surface area (Å²) in [5.74, 6) is 0.0357. The van der Waals surface area contributed by atoms with E-state index in [0.717, 1.165) is 0 Å². The Kier molecular flexibility index (Phi) is 2.22. The van der Waals surface area contributed by atoms with E-state index in [4.69, 9.17) is 0 Å². The molecule has 0 unspecified atom stereocenters. The van der Waals surface area contributed by atoms with E-state index in [1.807, 2.05) is 6.92 Å². The molecule has 0 aromatic rings. The van der Waals surface area contributed by atoms with Gasteiger partial charge in [0.05, 0.1) is 7.11 Å². The highest BCUT2D eigenvalue weighted by molar-refractivity contribution is 6.03. The molecule has 1 fully saturated rings. The Morgan fingerprint density at radius 1 is 1.42 bits per heavy atom. The average molecular weight is 170 g/mol. The average Bonchev–Trinajstić information content (AvgIpc) is 1.96. The molecule has 0 aromatic carbocycles. The zero-order valence-corrected chi connectivity index (χ0v) is 7.72. The van der Waals surface area contributed by atoms with E-state index in [1.165, 1.54) is 14.0 Å². The Morgan fingerprint density at radius 2 is 1.92 bits per heavy atom. The summed E-state index contributed by atoms with van der Waals surface area (Å²) >= 11 is 0. The van der Waals surface area contributed by atoms with Crippen LogP contribution in [0.1, 0.15) is 26.7 Å². The zero-order chi connectivity index (χ0) is 9.35. The fraction of sp³-hybridized carbons (Fsp3) is 0.778. The van der Waals surface area contributed by atoms with Gasteiger partial charge in [-0.05, 0) is 25.7 Å². The molecule has 0 bridgehead atoms. The van der Waals surface area contributed by atoms with Crippen LogP contribution in [0.3, 0.4) is 0 Å². The molecule has 0 spiro atoms. The van der Waals surface area contributed by atoms with Crippen molar-refractivity contribution in [2.75, 3.05) is 7.11 Å². The Balaban J connectivity index is 2.76. The van der Waals surface area contributed by atoms with Crippen LogP contribution in [0.4, 0.5) is 0 Å². The molecule has 12 heavy (non-hydrogen) atoms. The summed E-state index contributed by atoms with van der Waals surface area (Å²) in [5.41, 5.74) is -0.797. The van der Waals surface area contributed by atoms with Crippen molar-refractivity contribution in [1.82, 2.24) is 0 Å². The molecular formula is C9H14O3.